The minimum Gasteiger partial charge on any atom is -0.455 e. The first-order valence-electron chi connectivity index (χ1n) is 35.5. The summed E-state index contributed by atoms with van der Waals surface area (Å²) in [7, 11) is 0. The van der Waals surface area contributed by atoms with Crippen molar-refractivity contribution < 1.29 is 15.4 Å². The van der Waals surface area contributed by atoms with Crippen LogP contribution in [0.3, 0.4) is 0 Å². The normalized spacial score (nSPS) is 15.7. The van der Waals surface area contributed by atoms with Crippen LogP contribution >= 0.6 is 0 Å². The van der Waals surface area contributed by atoms with Crippen molar-refractivity contribution in [2.24, 2.45) is 0 Å². The lowest BCUT2D eigenvalue weighted by Crippen LogP contribution is -2.30. The van der Waals surface area contributed by atoms with E-state index in [1.54, 1.807) is 4.57 Å². The quantitative estimate of drug-likeness (QED) is 0.151. The van der Waals surface area contributed by atoms with Gasteiger partial charge in [0.25, 0.3) is 0 Å². The van der Waals surface area contributed by atoms with Crippen molar-refractivity contribution in [1.82, 2.24) is 4.57 Å². The Morgan fingerprint density at radius 3 is 1.52 bits per heavy atom. The van der Waals surface area contributed by atoms with Gasteiger partial charge in [0.05, 0.1) is 39.1 Å². The average molecular weight is 1180 g/mol. The molecule has 0 saturated heterocycles. The first kappa shape index (κ1) is 46.4. The minimum absolute atomic E-state index is 0.0106. The summed E-state index contributed by atoms with van der Waals surface area (Å²) in [5.41, 5.74) is 23.2. The summed E-state index contributed by atoms with van der Waals surface area (Å²) in [6.45, 7) is 13.6. The molecule has 0 bridgehead atoms. The van der Waals surface area contributed by atoms with E-state index in [-0.39, 0.29) is 45.2 Å². The summed E-state index contributed by atoms with van der Waals surface area (Å²) in [5.74, 6) is -0.806. The number of anilines is 3. The molecule has 0 amide bonds. The first-order valence-corrected chi connectivity index (χ1v) is 31.5. The summed E-state index contributed by atoms with van der Waals surface area (Å²) < 4.78 is 84.1. The molecular formula is C88H68N2O. The number of nitrogens with zero attached hydrogens (tertiary/aromatic N) is 2. The maximum Gasteiger partial charge on any atom is 0.145 e. The Labute approximate surface area is 544 Å². The average Bonchev–Trinajstić information content (AvgIpc) is 1.47. The van der Waals surface area contributed by atoms with E-state index >= 15 is 0 Å². The topological polar surface area (TPSA) is 21.3 Å². The lowest BCUT2D eigenvalue weighted by Gasteiger charge is -2.46. The highest BCUT2D eigenvalue weighted by atomic mass is 16.3. The number of rotatable bonds is 8. The van der Waals surface area contributed by atoms with E-state index in [1.807, 2.05) is 30.3 Å². The number of aromatic nitrogens is 1. The molecule has 2 unspecified atom stereocenters. The molecule has 0 N–H and O–H groups in total. The van der Waals surface area contributed by atoms with Crippen LogP contribution in [0, 0.1) is 0 Å². The van der Waals surface area contributed by atoms with E-state index in [1.165, 1.54) is 11.1 Å². The van der Waals surface area contributed by atoms with Gasteiger partial charge in [0.2, 0.25) is 0 Å². The number of fused-ring (bicyclic) bond motifs is 10. The fraction of sp³-hybridized carbons (Fsp3) is 0.114. The third-order valence-electron chi connectivity index (χ3n) is 19.1. The van der Waals surface area contributed by atoms with Crippen molar-refractivity contribution in [3.63, 3.8) is 0 Å². The zero-order valence-electron chi connectivity index (χ0n) is 59.6. The Morgan fingerprint density at radius 2 is 0.901 bits per heavy atom. The van der Waals surface area contributed by atoms with Crippen molar-refractivity contribution in [2.75, 3.05) is 4.90 Å². The Balaban J connectivity index is 1.09. The summed E-state index contributed by atoms with van der Waals surface area (Å²) in [4.78, 5) is 2.44. The van der Waals surface area contributed by atoms with Crippen LogP contribution in [0.25, 0.3) is 105 Å². The third-order valence-corrected chi connectivity index (χ3v) is 19.1. The fourth-order valence-electron chi connectivity index (χ4n) is 14.8. The Morgan fingerprint density at radius 1 is 0.363 bits per heavy atom. The van der Waals surface area contributed by atoms with Gasteiger partial charge in [0.15, 0.2) is 0 Å². The number of para-hydroxylation sites is 3. The van der Waals surface area contributed by atoms with Crippen molar-refractivity contribution >= 4 is 60.8 Å². The van der Waals surface area contributed by atoms with Crippen LogP contribution in [0.1, 0.15) is 109 Å². The number of benzene rings is 13. The minimum atomic E-state index is -0.499. The molecule has 17 rings (SSSR count). The van der Waals surface area contributed by atoms with E-state index in [0.717, 1.165) is 122 Å². The van der Waals surface area contributed by atoms with Crippen molar-refractivity contribution in [3.8, 4) is 61.3 Å². The van der Waals surface area contributed by atoms with Gasteiger partial charge in [-0.05, 0) is 148 Å². The molecule has 15 aromatic rings. The van der Waals surface area contributed by atoms with Crippen molar-refractivity contribution in [2.45, 2.75) is 64.2 Å². The van der Waals surface area contributed by atoms with Gasteiger partial charge in [0, 0.05) is 50.2 Å². The molecule has 3 heteroatoms. The standard InChI is InChI=1S/C88H68N2O/c1-87(2,3)61-45-42-55(43-46-61)60-44-48-69-72(50-60)83-70-49-47-63(89-75-39-22-19-34-66(75)67-35-20-23-40-76(67)89)53-77(70)90(85-71(58-30-15-9-16-31-58)54-73-68-36-21-24-41-79(68)91-86(73)80(85)59-32-17-10-18-33-59)78-52-62(88(4,5)6)51-74(84(78)83)82(69)81-64(56-26-11-7-12-27-56)37-25-38-65(81)57-28-13-8-14-29-57/h7-54,82-83H,1-6H3/i19D,20D,22D,23D,34D,35D,39D,40D. The lowest BCUT2D eigenvalue weighted by molar-refractivity contribution is 0.587. The van der Waals surface area contributed by atoms with Gasteiger partial charge in [-0.15, -0.1) is 0 Å². The van der Waals surface area contributed by atoms with Crippen LogP contribution in [0.2, 0.25) is 0 Å². The molecule has 2 aromatic heterocycles. The van der Waals surface area contributed by atoms with Gasteiger partial charge in [-0.2, -0.15) is 0 Å². The van der Waals surface area contributed by atoms with Crippen LogP contribution in [0.5, 0.6) is 0 Å². The Hall–Kier alpha value is -10.7. The summed E-state index contributed by atoms with van der Waals surface area (Å²) in [6, 6.07) is 83.5. The van der Waals surface area contributed by atoms with Crippen LogP contribution in [-0.4, -0.2) is 4.57 Å². The summed E-state index contributed by atoms with van der Waals surface area (Å²) in [5, 5.41) is 1.93. The summed E-state index contributed by atoms with van der Waals surface area (Å²) in [6.07, 6.45) is 0. The summed E-state index contributed by atoms with van der Waals surface area (Å²) >= 11 is 0. The van der Waals surface area contributed by atoms with E-state index in [9.17, 15) is 8.22 Å². The molecule has 0 fully saturated rings. The van der Waals surface area contributed by atoms with Gasteiger partial charge >= 0.3 is 0 Å². The monoisotopic (exact) mass is 1180 g/mol. The lowest BCUT2D eigenvalue weighted by atomic mass is 9.63. The zero-order valence-corrected chi connectivity index (χ0v) is 51.6. The molecule has 91 heavy (non-hydrogen) atoms. The maximum absolute atomic E-state index is 9.80. The molecule has 3 heterocycles. The molecule has 0 radical (unpaired) electrons. The number of hydrogen-bond donors (Lipinski definition) is 0. The molecule has 1 aliphatic carbocycles. The van der Waals surface area contributed by atoms with Gasteiger partial charge < -0.3 is 13.9 Å². The first-order chi connectivity index (χ1) is 47.8. The van der Waals surface area contributed by atoms with Crippen LogP contribution in [-0.2, 0) is 10.8 Å². The highest BCUT2D eigenvalue weighted by Crippen LogP contribution is 2.64. The zero-order chi connectivity index (χ0) is 68.2. The van der Waals surface area contributed by atoms with Gasteiger partial charge in [0.1, 0.15) is 11.2 Å². The van der Waals surface area contributed by atoms with E-state index in [4.69, 9.17) is 7.16 Å². The fourth-order valence-corrected chi connectivity index (χ4v) is 14.8. The van der Waals surface area contributed by atoms with Gasteiger partial charge in [-0.25, -0.2) is 0 Å². The third kappa shape index (κ3) is 8.77. The number of furan rings is 1. The second-order valence-corrected chi connectivity index (χ2v) is 26.5. The molecule has 1 aliphatic heterocycles. The highest BCUT2D eigenvalue weighted by Gasteiger charge is 2.45. The molecule has 2 atom stereocenters. The van der Waals surface area contributed by atoms with Crippen LogP contribution < -0.4 is 4.90 Å². The highest BCUT2D eigenvalue weighted by molar-refractivity contribution is 6.18. The van der Waals surface area contributed by atoms with Crippen molar-refractivity contribution in [3.05, 3.63) is 336 Å². The largest absolute Gasteiger partial charge is 0.455 e. The van der Waals surface area contributed by atoms with Crippen LogP contribution in [0.15, 0.2) is 295 Å². The van der Waals surface area contributed by atoms with E-state index < -0.39 is 47.6 Å². The molecule has 436 valence electrons. The smallest absolute Gasteiger partial charge is 0.145 e. The second kappa shape index (κ2) is 20.9. The van der Waals surface area contributed by atoms with Gasteiger partial charge in [-0.1, -0.05) is 284 Å². The predicted molar refractivity (Wildman–Crippen MR) is 382 cm³/mol. The molecular weight excluding hydrogens is 1100 g/mol. The second-order valence-electron chi connectivity index (χ2n) is 26.5. The Bertz CT molecular complexity index is 5720. The van der Waals surface area contributed by atoms with E-state index in [2.05, 4.69) is 259 Å². The van der Waals surface area contributed by atoms with Crippen LogP contribution in [0.4, 0.5) is 17.1 Å². The van der Waals surface area contributed by atoms with Gasteiger partial charge in [-0.3, -0.25) is 0 Å². The molecule has 3 nitrogen and oxygen atoms in total. The Kier molecular flexibility index (Phi) is 10.7. The SMILES string of the molecule is [2H]c1c([2H])c([2H])c2c(c1[2H])c1c([2H])c([2H])c([2H])c([2H])c1n2-c1ccc2c(c1)N(c1c(-c3ccccc3)cc3c(oc4ccccc43)c1-c1ccccc1)c1cc(C(C)(C)C)cc3c1C2c1cc(-c2ccc(C(C)(C)C)cc2)ccc1C3c1c(-c2ccccc2)cccc1-c1ccccc1. The predicted octanol–water partition coefficient (Wildman–Crippen LogP) is 24.1. The molecule has 0 saturated carbocycles. The molecule has 13 aromatic carbocycles. The molecule has 0 spiro atoms. The van der Waals surface area contributed by atoms with E-state index in [0.29, 0.717) is 11.3 Å². The maximum atomic E-state index is 9.80. The number of hydrogen-bond acceptors (Lipinski definition) is 2. The van der Waals surface area contributed by atoms with Crippen molar-refractivity contribution in [1.29, 1.82) is 0 Å². The molecule has 2 aliphatic rings.